The summed E-state index contributed by atoms with van der Waals surface area (Å²) in [7, 11) is 0. The molecule has 17 heavy (non-hydrogen) atoms. The molecule has 0 unspecified atom stereocenters. The van der Waals surface area contributed by atoms with E-state index in [0.29, 0.717) is 23.3 Å². The van der Waals surface area contributed by atoms with Gasteiger partial charge in [-0.05, 0) is 25.1 Å². The number of nitrogens with zero attached hydrogens (tertiary/aromatic N) is 2. The third kappa shape index (κ3) is 3.15. The van der Waals surface area contributed by atoms with Crippen molar-refractivity contribution in [2.75, 3.05) is 5.43 Å². The van der Waals surface area contributed by atoms with E-state index in [0.717, 1.165) is 4.47 Å². The number of hydrazine groups is 1. The van der Waals surface area contributed by atoms with E-state index in [-0.39, 0.29) is 0 Å². The molecule has 88 valence electrons. The van der Waals surface area contributed by atoms with Gasteiger partial charge in [-0.25, -0.2) is 10.8 Å². The first-order chi connectivity index (χ1) is 8.17. The second-order valence-corrected chi connectivity index (χ2v) is 4.26. The maximum absolute atomic E-state index is 5.61. The van der Waals surface area contributed by atoms with Gasteiger partial charge in [-0.1, -0.05) is 22.0 Å². The van der Waals surface area contributed by atoms with E-state index in [1.54, 1.807) is 13.0 Å². The van der Waals surface area contributed by atoms with Crippen LogP contribution in [0.1, 0.15) is 5.82 Å². The van der Waals surface area contributed by atoms with Gasteiger partial charge in [-0.15, -0.1) is 0 Å². The Kier molecular flexibility index (Phi) is 3.55. The molecule has 0 radical (unpaired) electrons. The van der Waals surface area contributed by atoms with Gasteiger partial charge in [-0.3, -0.25) is 0 Å². The van der Waals surface area contributed by atoms with Crippen LogP contribution >= 0.6 is 15.9 Å². The van der Waals surface area contributed by atoms with Gasteiger partial charge in [0.2, 0.25) is 5.88 Å². The van der Waals surface area contributed by atoms with Gasteiger partial charge >= 0.3 is 0 Å². The number of ether oxygens (including phenoxy) is 1. The van der Waals surface area contributed by atoms with Crippen molar-refractivity contribution in [3.8, 4) is 11.6 Å². The van der Waals surface area contributed by atoms with E-state index in [2.05, 4.69) is 31.3 Å². The lowest BCUT2D eigenvalue weighted by atomic mass is 10.3. The van der Waals surface area contributed by atoms with Crippen LogP contribution < -0.4 is 16.0 Å². The second kappa shape index (κ2) is 5.11. The lowest BCUT2D eigenvalue weighted by molar-refractivity contribution is 0.460. The maximum atomic E-state index is 5.61. The van der Waals surface area contributed by atoms with Crippen molar-refractivity contribution in [1.82, 2.24) is 9.97 Å². The monoisotopic (exact) mass is 294 g/mol. The second-order valence-electron chi connectivity index (χ2n) is 3.34. The Morgan fingerprint density at radius 2 is 2.12 bits per heavy atom. The lowest BCUT2D eigenvalue weighted by Crippen LogP contribution is -2.09. The van der Waals surface area contributed by atoms with Crippen molar-refractivity contribution in [2.24, 2.45) is 5.84 Å². The molecule has 0 saturated heterocycles. The van der Waals surface area contributed by atoms with E-state index in [9.17, 15) is 0 Å². The molecule has 0 spiro atoms. The number of rotatable bonds is 3. The summed E-state index contributed by atoms with van der Waals surface area (Å²) in [4.78, 5) is 8.24. The topological polar surface area (TPSA) is 73.1 Å². The van der Waals surface area contributed by atoms with E-state index in [1.807, 2.05) is 24.3 Å². The fraction of sp³-hybridized carbons (Fsp3) is 0.0909. The van der Waals surface area contributed by atoms with Crippen molar-refractivity contribution in [2.45, 2.75) is 6.92 Å². The van der Waals surface area contributed by atoms with E-state index < -0.39 is 0 Å². The Balaban J connectivity index is 2.26. The van der Waals surface area contributed by atoms with Crippen molar-refractivity contribution in [3.63, 3.8) is 0 Å². The van der Waals surface area contributed by atoms with Crippen LogP contribution in [0.15, 0.2) is 34.8 Å². The zero-order chi connectivity index (χ0) is 12.3. The van der Waals surface area contributed by atoms with Crippen LogP contribution in [0, 0.1) is 6.92 Å². The van der Waals surface area contributed by atoms with Crippen LogP contribution in [-0.4, -0.2) is 9.97 Å². The van der Waals surface area contributed by atoms with Crippen molar-refractivity contribution >= 4 is 21.7 Å². The molecule has 1 aromatic heterocycles. The van der Waals surface area contributed by atoms with Gasteiger partial charge in [-0.2, -0.15) is 4.98 Å². The summed E-state index contributed by atoms with van der Waals surface area (Å²) in [6.45, 7) is 1.77. The fourth-order valence-corrected chi connectivity index (χ4v) is 1.70. The van der Waals surface area contributed by atoms with Gasteiger partial charge < -0.3 is 10.2 Å². The number of nitrogens with one attached hydrogen (secondary N) is 1. The normalized spacial score (nSPS) is 10.1. The quantitative estimate of drug-likeness (QED) is 0.672. The minimum atomic E-state index is 0.448. The molecule has 3 N–H and O–H groups in total. The van der Waals surface area contributed by atoms with E-state index in [1.165, 1.54) is 0 Å². The number of benzene rings is 1. The summed E-state index contributed by atoms with van der Waals surface area (Å²) < 4.78 is 6.55. The summed E-state index contributed by atoms with van der Waals surface area (Å²) in [6, 6.07) is 9.14. The largest absolute Gasteiger partial charge is 0.439 e. The maximum Gasteiger partial charge on any atom is 0.224 e. The Morgan fingerprint density at radius 3 is 2.82 bits per heavy atom. The molecule has 2 rings (SSSR count). The predicted octanol–water partition coefficient (Wildman–Crippen LogP) is 2.63. The number of aryl methyl sites for hydroxylation is 1. The summed E-state index contributed by atoms with van der Waals surface area (Å²) in [5, 5.41) is 0. The summed E-state index contributed by atoms with van der Waals surface area (Å²) in [5.41, 5.74) is 2.46. The van der Waals surface area contributed by atoms with Gasteiger partial charge in [0.1, 0.15) is 17.4 Å². The number of halogens is 1. The highest BCUT2D eigenvalue weighted by Crippen LogP contribution is 2.24. The highest BCUT2D eigenvalue weighted by atomic mass is 79.9. The first kappa shape index (κ1) is 11.8. The molecule has 0 saturated carbocycles. The van der Waals surface area contributed by atoms with Crippen LogP contribution in [0.3, 0.4) is 0 Å². The zero-order valence-corrected chi connectivity index (χ0v) is 10.7. The third-order valence-electron chi connectivity index (χ3n) is 1.98. The number of hydrogen-bond donors (Lipinski definition) is 2. The average Bonchev–Trinajstić information content (AvgIpc) is 2.28. The number of anilines is 1. The Bertz CT molecular complexity index is 533. The van der Waals surface area contributed by atoms with Crippen molar-refractivity contribution in [1.29, 1.82) is 0 Å². The Labute approximate surface area is 107 Å². The Morgan fingerprint density at radius 1 is 1.29 bits per heavy atom. The molecule has 0 atom stereocenters. The predicted molar refractivity (Wildman–Crippen MR) is 68.8 cm³/mol. The minimum absolute atomic E-state index is 0.448. The van der Waals surface area contributed by atoms with E-state index in [4.69, 9.17) is 10.6 Å². The lowest BCUT2D eigenvalue weighted by Gasteiger charge is -2.07. The first-order valence-corrected chi connectivity index (χ1v) is 5.72. The summed E-state index contributed by atoms with van der Waals surface area (Å²) in [6.07, 6.45) is 0. The van der Waals surface area contributed by atoms with Crippen LogP contribution in [0.2, 0.25) is 0 Å². The molecule has 5 nitrogen and oxygen atoms in total. The zero-order valence-electron chi connectivity index (χ0n) is 9.14. The molecule has 6 heteroatoms. The number of nitrogen functional groups attached to an aromatic ring is 1. The van der Waals surface area contributed by atoms with Crippen LogP contribution in [0.5, 0.6) is 11.6 Å². The van der Waals surface area contributed by atoms with Gasteiger partial charge in [0.25, 0.3) is 0 Å². The molecule has 0 amide bonds. The molecule has 0 aliphatic rings. The summed E-state index contributed by atoms with van der Waals surface area (Å²) in [5.74, 6) is 7.55. The van der Waals surface area contributed by atoms with E-state index >= 15 is 0 Å². The van der Waals surface area contributed by atoms with Gasteiger partial charge in [0, 0.05) is 10.5 Å². The van der Waals surface area contributed by atoms with Crippen molar-refractivity contribution in [3.05, 3.63) is 40.6 Å². The molecular weight excluding hydrogens is 284 g/mol. The molecule has 1 heterocycles. The molecule has 0 aliphatic heterocycles. The van der Waals surface area contributed by atoms with Crippen LogP contribution in [0.25, 0.3) is 0 Å². The van der Waals surface area contributed by atoms with Crippen molar-refractivity contribution < 1.29 is 4.74 Å². The third-order valence-corrected chi connectivity index (χ3v) is 2.47. The van der Waals surface area contributed by atoms with Gasteiger partial charge in [0.05, 0.1) is 0 Å². The molecule has 2 aromatic rings. The molecule has 0 bridgehead atoms. The average molecular weight is 295 g/mol. The van der Waals surface area contributed by atoms with Crippen LogP contribution in [0.4, 0.5) is 5.82 Å². The minimum Gasteiger partial charge on any atom is -0.439 e. The smallest absolute Gasteiger partial charge is 0.224 e. The van der Waals surface area contributed by atoms with Crippen LogP contribution in [-0.2, 0) is 0 Å². The molecule has 1 aromatic carbocycles. The molecule has 0 fully saturated rings. The van der Waals surface area contributed by atoms with Gasteiger partial charge in [0.15, 0.2) is 0 Å². The first-order valence-electron chi connectivity index (χ1n) is 4.93. The number of nitrogens with two attached hydrogens (primary N) is 1. The molecule has 0 aliphatic carbocycles. The standard InChI is InChI=1S/C11H11BrN4O/c1-7-14-10(16-13)6-11(15-7)17-9-4-2-3-8(12)5-9/h2-6H,13H2,1H3,(H,14,15,16). The summed E-state index contributed by atoms with van der Waals surface area (Å²) >= 11 is 3.37. The SMILES string of the molecule is Cc1nc(NN)cc(Oc2cccc(Br)c2)n1. The Hall–Kier alpha value is -1.66. The highest BCUT2D eigenvalue weighted by Gasteiger charge is 2.03. The number of aromatic nitrogens is 2. The number of hydrogen-bond acceptors (Lipinski definition) is 5. The molecular formula is C11H11BrN4O. The fourth-order valence-electron chi connectivity index (χ4n) is 1.32. The highest BCUT2D eigenvalue weighted by molar-refractivity contribution is 9.10.